The number of rotatable bonds is 10. The van der Waals surface area contributed by atoms with Crippen LogP contribution in [0.15, 0.2) is 48.5 Å². The number of allylic oxidation sites excluding steroid dienone is 2. The van der Waals surface area contributed by atoms with Gasteiger partial charge in [0.2, 0.25) is 11.8 Å². The van der Waals surface area contributed by atoms with E-state index in [-0.39, 0.29) is 10.8 Å². The quantitative estimate of drug-likeness (QED) is 0.196. The van der Waals surface area contributed by atoms with E-state index in [1.807, 2.05) is 30.3 Å². The van der Waals surface area contributed by atoms with Gasteiger partial charge >= 0.3 is 5.97 Å². The summed E-state index contributed by atoms with van der Waals surface area (Å²) in [6, 6.07) is 15.5. The molecule has 0 bridgehead atoms. The number of ether oxygens (including phenoxy) is 2. The summed E-state index contributed by atoms with van der Waals surface area (Å²) in [7, 11) is 1.62. The van der Waals surface area contributed by atoms with E-state index in [0.29, 0.717) is 41.1 Å². The molecule has 44 heavy (non-hydrogen) atoms. The number of fused-ring (bicyclic) bond motifs is 1. The smallest absolute Gasteiger partial charge is 0.346 e. The van der Waals surface area contributed by atoms with Crippen molar-refractivity contribution < 1.29 is 19.4 Å². The van der Waals surface area contributed by atoms with Gasteiger partial charge in [-0.1, -0.05) is 29.8 Å². The molecule has 1 aliphatic heterocycles. The van der Waals surface area contributed by atoms with E-state index in [9.17, 15) is 15.2 Å². The van der Waals surface area contributed by atoms with Crippen LogP contribution in [0.3, 0.4) is 0 Å². The molecule has 1 aromatic carbocycles. The van der Waals surface area contributed by atoms with Gasteiger partial charge in [-0.2, -0.15) is 5.26 Å². The van der Waals surface area contributed by atoms with Crippen molar-refractivity contribution in [2.24, 2.45) is 10.8 Å². The fourth-order valence-corrected chi connectivity index (χ4v) is 7.54. The molecular formula is C33H32ClN5O4S. The summed E-state index contributed by atoms with van der Waals surface area (Å²) < 4.78 is 13.6. The van der Waals surface area contributed by atoms with Crippen LogP contribution in [0, 0.1) is 22.2 Å². The highest BCUT2D eigenvalue weighted by molar-refractivity contribution is 7.20. The lowest BCUT2D eigenvalue weighted by molar-refractivity contribution is 0.0702. The minimum absolute atomic E-state index is 0.0282. The fourth-order valence-electron chi connectivity index (χ4n) is 6.51. The average Bonchev–Trinajstić information content (AvgIpc) is 3.50. The van der Waals surface area contributed by atoms with Crippen molar-refractivity contribution in [2.45, 2.75) is 51.7 Å². The zero-order valence-electron chi connectivity index (χ0n) is 24.4. The lowest BCUT2D eigenvalue weighted by atomic mass is 9.69. The molecule has 2 aliphatic carbocycles. The summed E-state index contributed by atoms with van der Waals surface area (Å²) in [4.78, 5) is 24.7. The number of hydrogen-bond acceptors (Lipinski definition) is 8. The molecule has 2 fully saturated rings. The van der Waals surface area contributed by atoms with E-state index in [1.165, 1.54) is 16.9 Å². The maximum absolute atomic E-state index is 11.6. The summed E-state index contributed by atoms with van der Waals surface area (Å²) in [6.45, 7) is 2.83. The number of aromatic carboxylic acids is 1. The highest BCUT2D eigenvalue weighted by Crippen LogP contribution is 2.52. The number of anilines is 1. The number of benzene rings is 1. The van der Waals surface area contributed by atoms with Crippen LogP contribution in [-0.2, 0) is 13.2 Å². The average molecular weight is 630 g/mol. The van der Waals surface area contributed by atoms with Crippen LogP contribution in [0.1, 0.15) is 59.5 Å². The third-order valence-electron chi connectivity index (χ3n) is 9.26. The second kappa shape index (κ2) is 11.1. The summed E-state index contributed by atoms with van der Waals surface area (Å²) in [6.07, 6.45) is 7.82. The number of carbonyl (C=O) groups is 1. The summed E-state index contributed by atoms with van der Waals surface area (Å²) >= 11 is 7.31. The number of imidazole rings is 1. The van der Waals surface area contributed by atoms with E-state index < -0.39 is 5.97 Å². The predicted octanol–water partition coefficient (Wildman–Crippen LogP) is 7.20. The number of carboxylic acid groups (broad SMARTS) is 1. The topological polar surface area (TPSA) is 113 Å². The van der Waals surface area contributed by atoms with Crippen molar-refractivity contribution in [1.82, 2.24) is 14.5 Å². The number of carboxylic acids is 1. The molecular weight excluding hydrogens is 598 g/mol. The first-order valence-electron chi connectivity index (χ1n) is 14.8. The van der Waals surface area contributed by atoms with Crippen molar-refractivity contribution in [2.75, 3.05) is 25.1 Å². The van der Waals surface area contributed by atoms with Gasteiger partial charge in [-0.3, -0.25) is 0 Å². The molecule has 226 valence electrons. The molecule has 0 atom stereocenters. The molecule has 3 aromatic heterocycles. The Bertz CT molecular complexity index is 1830. The van der Waals surface area contributed by atoms with Crippen LogP contribution < -0.4 is 14.4 Å². The maximum Gasteiger partial charge on any atom is 0.346 e. The van der Waals surface area contributed by atoms with Crippen molar-refractivity contribution >= 4 is 50.8 Å². The molecule has 4 heterocycles. The molecule has 11 heteroatoms. The first-order chi connectivity index (χ1) is 21.3. The Balaban J connectivity index is 1.04. The molecule has 1 saturated carbocycles. The minimum Gasteiger partial charge on any atom is -0.496 e. The van der Waals surface area contributed by atoms with Gasteiger partial charge in [0.15, 0.2) is 0 Å². The molecule has 0 radical (unpaired) electrons. The Morgan fingerprint density at radius 2 is 2.02 bits per heavy atom. The van der Waals surface area contributed by atoms with Crippen molar-refractivity contribution in [3.8, 4) is 17.7 Å². The van der Waals surface area contributed by atoms with E-state index in [0.717, 1.165) is 72.7 Å². The lowest BCUT2D eigenvalue weighted by Crippen LogP contribution is -2.57. The number of methoxy groups -OCH3 is 1. The van der Waals surface area contributed by atoms with Gasteiger partial charge in [0, 0.05) is 53.5 Å². The Morgan fingerprint density at radius 3 is 2.73 bits per heavy atom. The number of pyridine rings is 1. The van der Waals surface area contributed by atoms with Crippen LogP contribution in [0.25, 0.3) is 15.9 Å². The standard InChI is InChI=1S/C33H32ClN5O4S/c1-42-26-15-23(34)6-5-22(26)17-43-28-4-2-3-24(36-28)21-7-9-33(10-8-21)18-38(19-33)31-37-29-25(16-27(44-29)30(40)41)39(31)20-32(11-12-32)13-14-35/h2-7,15-16H,8-13,17-20H2,1H3,(H,40,41). The van der Waals surface area contributed by atoms with E-state index in [1.54, 1.807) is 19.2 Å². The zero-order chi connectivity index (χ0) is 30.5. The number of halogens is 1. The second-order valence-electron chi connectivity index (χ2n) is 12.3. The Labute approximate surface area is 264 Å². The summed E-state index contributed by atoms with van der Waals surface area (Å²) in [5, 5.41) is 19.6. The van der Waals surface area contributed by atoms with Gasteiger partial charge < -0.3 is 24.0 Å². The van der Waals surface area contributed by atoms with Gasteiger partial charge in [-0.05, 0) is 61.9 Å². The van der Waals surface area contributed by atoms with E-state index in [2.05, 4.69) is 21.6 Å². The first kappa shape index (κ1) is 28.7. The Kier molecular flexibility index (Phi) is 7.26. The second-order valence-corrected chi connectivity index (χ2v) is 13.8. The molecule has 1 saturated heterocycles. The van der Waals surface area contributed by atoms with Crippen molar-refractivity contribution in [3.05, 3.63) is 69.7 Å². The van der Waals surface area contributed by atoms with Gasteiger partial charge in [0.05, 0.1) is 24.4 Å². The number of aromatic nitrogens is 3. The van der Waals surface area contributed by atoms with Crippen LogP contribution in [0.5, 0.6) is 11.6 Å². The highest BCUT2D eigenvalue weighted by Gasteiger charge is 2.47. The van der Waals surface area contributed by atoms with E-state index in [4.69, 9.17) is 31.0 Å². The molecule has 1 N–H and O–H groups in total. The lowest BCUT2D eigenvalue weighted by Gasteiger charge is -2.52. The normalized spacial score (nSPS) is 18.0. The van der Waals surface area contributed by atoms with Gasteiger partial charge in [-0.25, -0.2) is 14.8 Å². The van der Waals surface area contributed by atoms with Crippen molar-refractivity contribution in [3.63, 3.8) is 0 Å². The third kappa shape index (κ3) is 5.39. The summed E-state index contributed by atoms with van der Waals surface area (Å²) in [5.41, 5.74) is 4.09. The number of hydrogen-bond donors (Lipinski definition) is 1. The summed E-state index contributed by atoms with van der Waals surface area (Å²) in [5.74, 6) is 1.22. The predicted molar refractivity (Wildman–Crippen MR) is 170 cm³/mol. The van der Waals surface area contributed by atoms with Gasteiger partial charge in [0.25, 0.3) is 0 Å². The zero-order valence-corrected chi connectivity index (χ0v) is 26.0. The molecule has 0 unspecified atom stereocenters. The van der Waals surface area contributed by atoms with Crippen LogP contribution in [0.2, 0.25) is 5.02 Å². The fraction of sp³-hybridized carbons (Fsp3) is 0.394. The van der Waals surface area contributed by atoms with Crippen molar-refractivity contribution in [1.29, 1.82) is 5.26 Å². The van der Waals surface area contributed by atoms with Crippen LogP contribution >= 0.6 is 22.9 Å². The largest absolute Gasteiger partial charge is 0.496 e. The molecule has 9 nitrogen and oxygen atoms in total. The molecule has 7 rings (SSSR count). The maximum atomic E-state index is 11.6. The minimum atomic E-state index is -0.930. The number of thiophene rings is 1. The van der Waals surface area contributed by atoms with E-state index >= 15 is 0 Å². The van der Waals surface area contributed by atoms with Gasteiger partial charge in [-0.15, -0.1) is 11.3 Å². The monoisotopic (exact) mass is 629 g/mol. The third-order valence-corrected chi connectivity index (χ3v) is 10.5. The Morgan fingerprint density at radius 1 is 1.18 bits per heavy atom. The number of nitrogens with zero attached hydrogens (tertiary/aromatic N) is 5. The Hall–Kier alpha value is -4.07. The molecule has 0 amide bonds. The number of nitriles is 1. The SMILES string of the molecule is COc1cc(Cl)ccc1COc1cccc(C2=CCC3(CC2)CN(c2nc4sc(C(=O)O)cc4n2CC2(CC#N)CC2)C3)n1. The van der Waals surface area contributed by atoms with Crippen LogP contribution in [0.4, 0.5) is 5.95 Å². The first-order valence-corrected chi connectivity index (χ1v) is 16.0. The molecule has 4 aromatic rings. The molecule has 1 spiro atoms. The highest BCUT2D eigenvalue weighted by atomic mass is 35.5. The van der Waals surface area contributed by atoms with Crippen LogP contribution in [-0.4, -0.2) is 45.8 Å². The molecule has 3 aliphatic rings. The van der Waals surface area contributed by atoms with Gasteiger partial charge in [0.1, 0.15) is 22.1 Å².